The molecule has 0 fully saturated rings. The smallest absolute Gasteiger partial charge is 0.322 e. The van der Waals surface area contributed by atoms with Crippen molar-refractivity contribution in [1.82, 2.24) is 5.32 Å². The Morgan fingerprint density at radius 1 is 1.25 bits per heavy atom. The molecule has 1 aromatic rings. The molecule has 1 aromatic carbocycles. The van der Waals surface area contributed by atoms with Crippen LogP contribution in [0.1, 0.15) is 12.5 Å². The van der Waals surface area contributed by atoms with Gasteiger partial charge in [-0.25, -0.2) is 0 Å². The maximum absolute atomic E-state index is 12.5. The third kappa shape index (κ3) is 3.76. The van der Waals surface area contributed by atoms with Crippen molar-refractivity contribution in [3.05, 3.63) is 41.6 Å². The van der Waals surface area contributed by atoms with E-state index in [4.69, 9.17) is 0 Å². The predicted octanol–water partition coefficient (Wildman–Crippen LogP) is 2.73. The van der Waals surface area contributed by atoms with E-state index in [1.165, 1.54) is 12.1 Å². The number of carbonyl (C=O) groups is 1. The summed E-state index contributed by atoms with van der Waals surface area (Å²) in [5, 5.41) is 1.77. The minimum atomic E-state index is -4.57. The van der Waals surface area contributed by atoms with Crippen LogP contribution >= 0.6 is 0 Å². The van der Waals surface area contributed by atoms with Gasteiger partial charge in [-0.15, -0.1) is 0 Å². The molecule has 0 spiro atoms. The van der Waals surface area contributed by atoms with Gasteiger partial charge in [0.2, 0.25) is 5.91 Å². The second-order valence-electron chi connectivity index (χ2n) is 3.15. The summed E-state index contributed by atoms with van der Waals surface area (Å²) in [6, 6.07) is 7.98. The van der Waals surface area contributed by atoms with E-state index in [0.717, 1.165) is 13.0 Å². The van der Waals surface area contributed by atoms with Crippen molar-refractivity contribution in [3.63, 3.8) is 0 Å². The maximum Gasteiger partial charge on any atom is 0.431 e. The molecular formula is C11H10F3NO. The van der Waals surface area contributed by atoms with Gasteiger partial charge in [0, 0.05) is 6.92 Å². The number of carbonyl (C=O) groups excluding carboxylic acids is 1. The molecule has 0 unspecified atom stereocenters. The SMILES string of the molecule is CC(=O)N/C(=C\c1ccccc1)C(F)(F)F. The summed E-state index contributed by atoms with van der Waals surface area (Å²) in [4.78, 5) is 10.6. The highest BCUT2D eigenvalue weighted by molar-refractivity contribution is 5.76. The molecule has 1 amide bonds. The van der Waals surface area contributed by atoms with E-state index in [2.05, 4.69) is 0 Å². The van der Waals surface area contributed by atoms with E-state index in [9.17, 15) is 18.0 Å². The van der Waals surface area contributed by atoms with Crippen LogP contribution in [-0.2, 0) is 4.79 Å². The maximum atomic E-state index is 12.5. The summed E-state index contributed by atoms with van der Waals surface area (Å²) in [6.07, 6.45) is -3.68. The number of amides is 1. The van der Waals surface area contributed by atoms with Gasteiger partial charge in [0.1, 0.15) is 5.70 Å². The van der Waals surface area contributed by atoms with Gasteiger partial charge in [-0.1, -0.05) is 30.3 Å². The minimum Gasteiger partial charge on any atom is -0.322 e. The monoisotopic (exact) mass is 229 g/mol. The summed E-state index contributed by atoms with van der Waals surface area (Å²) in [7, 11) is 0. The molecule has 0 atom stereocenters. The van der Waals surface area contributed by atoms with Crippen molar-refractivity contribution < 1.29 is 18.0 Å². The Balaban J connectivity index is 3.02. The average molecular weight is 229 g/mol. The van der Waals surface area contributed by atoms with E-state index in [-0.39, 0.29) is 0 Å². The van der Waals surface area contributed by atoms with Crippen molar-refractivity contribution in [2.24, 2.45) is 0 Å². The van der Waals surface area contributed by atoms with Crippen molar-refractivity contribution >= 4 is 12.0 Å². The lowest BCUT2D eigenvalue weighted by molar-refractivity contribution is -0.124. The largest absolute Gasteiger partial charge is 0.431 e. The molecule has 0 aromatic heterocycles. The van der Waals surface area contributed by atoms with Gasteiger partial charge in [0.15, 0.2) is 0 Å². The second-order valence-corrected chi connectivity index (χ2v) is 3.15. The number of nitrogens with one attached hydrogen (secondary N) is 1. The van der Waals surface area contributed by atoms with Gasteiger partial charge in [-0.3, -0.25) is 4.79 Å². The fraction of sp³-hybridized carbons (Fsp3) is 0.182. The van der Waals surface area contributed by atoms with Crippen LogP contribution in [0.3, 0.4) is 0 Å². The zero-order valence-corrected chi connectivity index (χ0v) is 8.51. The molecule has 2 nitrogen and oxygen atoms in total. The summed E-state index contributed by atoms with van der Waals surface area (Å²) in [5.41, 5.74) is -0.685. The molecule has 0 saturated carbocycles. The molecule has 0 radical (unpaired) electrons. The first-order chi connectivity index (χ1) is 7.39. The topological polar surface area (TPSA) is 29.1 Å². The zero-order chi connectivity index (χ0) is 12.2. The van der Waals surface area contributed by atoms with Gasteiger partial charge < -0.3 is 5.32 Å². The number of hydrogen-bond acceptors (Lipinski definition) is 1. The molecule has 86 valence electrons. The predicted molar refractivity (Wildman–Crippen MR) is 54.3 cm³/mol. The molecule has 0 aliphatic heterocycles. The van der Waals surface area contributed by atoms with E-state index >= 15 is 0 Å². The van der Waals surface area contributed by atoms with Crippen molar-refractivity contribution in [2.75, 3.05) is 0 Å². The number of allylic oxidation sites excluding steroid dienone is 1. The Morgan fingerprint density at radius 3 is 2.25 bits per heavy atom. The first-order valence-corrected chi connectivity index (χ1v) is 4.51. The van der Waals surface area contributed by atoms with Gasteiger partial charge >= 0.3 is 6.18 Å². The Labute approximate surface area is 90.8 Å². The Hall–Kier alpha value is -1.78. The van der Waals surface area contributed by atoms with Crippen LogP contribution < -0.4 is 5.32 Å². The van der Waals surface area contributed by atoms with Crippen molar-refractivity contribution in [3.8, 4) is 0 Å². The third-order valence-corrected chi connectivity index (χ3v) is 1.73. The van der Waals surface area contributed by atoms with Crippen LogP contribution in [0.2, 0.25) is 0 Å². The quantitative estimate of drug-likeness (QED) is 0.830. The van der Waals surface area contributed by atoms with Crippen LogP contribution in [0.4, 0.5) is 13.2 Å². The first-order valence-electron chi connectivity index (χ1n) is 4.51. The normalized spacial score (nSPS) is 12.4. The Kier molecular flexibility index (Phi) is 3.71. The summed E-state index contributed by atoms with van der Waals surface area (Å²) < 4.78 is 37.4. The molecule has 0 heterocycles. The Morgan fingerprint density at radius 2 is 1.81 bits per heavy atom. The second kappa shape index (κ2) is 4.83. The highest BCUT2D eigenvalue weighted by Crippen LogP contribution is 2.25. The fourth-order valence-corrected chi connectivity index (χ4v) is 1.09. The molecule has 16 heavy (non-hydrogen) atoms. The van der Waals surface area contributed by atoms with Crippen molar-refractivity contribution in [1.29, 1.82) is 0 Å². The van der Waals surface area contributed by atoms with E-state index in [1.54, 1.807) is 23.5 Å². The summed E-state index contributed by atoms with van der Waals surface area (Å²) in [5.74, 6) is -0.750. The highest BCUT2D eigenvalue weighted by atomic mass is 19.4. The van der Waals surface area contributed by atoms with Crippen LogP contribution in [0.5, 0.6) is 0 Å². The lowest BCUT2D eigenvalue weighted by Crippen LogP contribution is -2.29. The third-order valence-electron chi connectivity index (χ3n) is 1.73. The average Bonchev–Trinajstić information content (AvgIpc) is 2.16. The number of benzene rings is 1. The van der Waals surface area contributed by atoms with Gasteiger partial charge in [0.05, 0.1) is 0 Å². The van der Waals surface area contributed by atoms with Gasteiger partial charge in [0.25, 0.3) is 0 Å². The molecule has 0 saturated heterocycles. The minimum absolute atomic E-state index is 0.378. The van der Waals surface area contributed by atoms with E-state index < -0.39 is 17.8 Å². The standard InChI is InChI=1S/C11H10F3NO/c1-8(16)15-10(11(12,13)14)7-9-5-3-2-4-6-9/h2-7H,1H3,(H,15,16)/b10-7-. The number of halogens is 3. The molecule has 0 aliphatic rings. The lowest BCUT2D eigenvalue weighted by atomic mass is 10.2. The van der Waals surface area contributed by atoms with Gasteiger partial charge in [-0.05, 0) is 11.6 Å². The molecular weight excluding hydrogens is 219 g/mol. The molecule has 1 rings (SSSR count). The van der Waals surface area contributed by atoms with Gasteiger partial charge in [-0.2, -0.15) is 13.2 Å². The Bertz CT molecular complexity index is 395. The molecule has 0 bridgehead atoms. The first kappa shape index (κ1) is 12.3. The number of rotatable bonds is 2. The number of alkyl halides is 3. The van der Waals surface area contributed by atoms with Crippen LogP contribution in [0.25, 0.3) is 6.08 Å². The van der Waals surface area contributed by atoms with Crippen LogP contribution in [0, 0.1) is 0 Å². The summed E-state index contributed by atoms with van der Waals surface area (Å²) in [6.45, 7) is 1.03. The molecule has 1 N–H and O–H groups in total. The molecule has 5 heteroatoms. The van der Waals surface area contributed by atoms with Crippen LogP contribution in [-0.4, -0.2) is 12.1 Å². The van der Waals surface area contributed by atoms with E-state index in [1.807, 2.05) is 0 Å². The number of hydrogen-bond donors (Lipinski definition) is 1. The lowest BCUT2D eigenvalue weighted by Gasteiger charge is -2.11. The van der Waals surface area contributed by atoms with E-state index in [0.29, 0.717) is 5.56 Å². The highest BCUT2D eigenvalue weighted by Gasteiger charge is 2.34. The van der Waals surface area contributed by atoms with Crippen LogP contribution in [0.15, 0.2) is 36.0 Å². The summed E-state index contributed by atoms with van der Waals surface area (Å²) >= 11 is 0. The van der Waals surface area contributed by atoms with Crippen molar-refractivity contribution in [2.45, 2.75) is 13.1 Å². The fourth-order valence-electron chi connectivity index (χ4n) is 1.09. The molecule has 0 aliphatic carbocycles. The zero-order valence-electron chi connectivity index (χ0n) is 8.51.